The van der Waals surface area contributed by atoms with Gasteiger partial charge >= 0.3 is 6.03 Å². The van der Waals surface area contributed by atoms with Crippen molar-refractivity contribution in [3.05, 3.63) is 71.3 Å². The summed E-state index contributed by atoms with van der Waals surface area (Å²) in [6, 6.07) is 14.3. The summed E-state index contributed by atoms with van der Waals surface area (Å²) in [6.45, 7) is 5.91. The zero-order chi connectivity index (χ0) is 21.1. The van der Waals surface area contributed by atoms with Gasteiger partial charge in [0.1, 0.15) is 11.6 Å². The number of rotatable bonds is 4. The second kappa shape index (κ2) is 8.79. The summed E-state index contributed by atoms with van der Waals surface area (Å²) in [4.78, 5) is 21.2. The summed E-state index contributed by atoms with van der Waals surface area (Å²) in [5.41, 5.74) is 2.62. The van der Waals surface area contributed by atoms with Crippen LogP contribution >= 0.6 is 11.5 Å². The summed E-state index contributed by atoms with van der Waals surface area (Å²) in [5, 5.41) is 3.54. The van der Waals surface area contributed by atoms with E-state index in [1.165, 1.54) is 28.7 Å². The van der Waals surface area contributed by atoms with Crippen LogP contribution in [0.1, 0.15) is 23.9 Å². The number of carbonyl (C=O) groups is 1. The van der Waals surface area contributed by atoms with Crippen LogP contribution in [0.25, 0.3) is 0 Å². The number of hydrogen-bond donors (Lipinski definition) is 1. The molecule has 2 aromatic carbocycles. The topological polar surface area (TPSA) is 61.4 Å². The monoisotopic (exact) mass is 425 g/mol. The molecule has 0 bridgehead atoms. The summed E-state index contributed by atoms with van der Waals surface area (Å²) in [6.07, 6.45) is 0.706. The molecule has 1 fully saturated rings. The van der Waals surface area contributed by atoms with Crippen molar-refractivity contribution >= 4 is 28.4 Å². The van der Waals surface area contributed by atoms with E-state index in [2.05, 4.69) is 45.8 Å². The molecule has 156 valence electrons. The van der Waals surface area contributed by atoms with Crippen molar-refractivity contribution in [3.8, 4) is 0 Å². The number of benzene rings is 2. The molecule has 0 spiro atoms. The van der Waals surface area contributed by atoms with Gasteiger partial charge in [-0.15, -0.1) is 0 Å². The standard InChI is InChI=1S/C22H24FN5OS/c1-15-7-9-17(10-8-15)13-20-25-22(30-26-20)27-11-12-28(16(2)14-27)21(29)24-19-6-4-3-5-18(19)23/h3-10,16H,11-14H2,1-2H3,(H,24,29). The number of halogens is 1. The number of para-hydroxylation sites is 1. The SMILES string of the molecule is Cc1ccc(Cc2nsc(N3CCN(C(=O)Nc4ccccc4F)C(C)C3)n2)cc1. The van der Waals surface area contributed by atoms with Crippen LogP contribution in [0.4, 0.5) is 20.0 Å². The molecule has 3 aromatic rings. The molecule has 1 saturated heterocycles. The highest BCUT2D eigenvalue weighted by Gasteiger charge is 2.29. The molecule has 30 heavy (non-hydrogen) atoms. The molecule has 2 amide bonds. The molecule has 0 radical (unpaired) electrons. The first kappa shape index (κ1) is 20.3. The number of aryl methyl sites for hydroxylation is 1. The number of anilines is 2. The van der Waals surface area contributed by atoms with Gasteiger partial charge in [-0.1, -0.05) is 42.0 Å². The van der Waals surface area contributed by atoms with E-state index in [-0.39, 0.29) is 17.8 Å². The highest BCUT2D eigenvalue weighted by Crippen LogP contribution is 2.23. The van der Waals surface area contributed by atoms with E-state index in [4.69, 9.17) is 4.98 Å². The number of amides is 2. The number of hydrogen-bond acceptors (Lipinski definition) is 5. The van der Waals surface area contributed by atoms with E-state index in [1.807, 2.05) is 6.92 Å². The van der Waals surface area contributed by atoms with Gasteiger partial charge in [0.2, 0.25) is 5.13 Å². The van der Waals surface area contributed by atoms with Crippen LogP contribution in [-0.2, 0) is 6.42 Å². The van der Waals surface area contributed by atoms with Crippen molar-refractivity contribution in [1.82, 2.24) is 14.3 Å². The van der Waals surface area contributed by atoms with Gasteiger partial charge in [-0.25, -0.2) is 14.2 Å². The fraction of sp³-hybridized carbons (Fsp3) is 0.318. The largest absolute Gasteiger partial charge is 0.343 e. The van der Waals surface area contributed by atoms with Crippen molar-refractivity contribution in [2.45, 2.75) is 26.3 Å². The number of nitrogens with one attached hydrogen (secondary N) is 1. The third-order valence-electron chi connectivity index (χ3n) is 5.21. The average molecular weight is 426 g/mol. The van der Waals surface area contributed by atoms with E-state index in [9.17, 15) is 9.18 Å². The Morgan fingerprint density at radius 2 is 1.97 bits per heavy atom. The number of piperazine rings is 1. The van der Waals surface area contributed by atoms with Crippen molar-refractivity contribution < 1.29 is 9.18 Å². The van der Waals surface area contributed by atoms with Gasteiger partial charge < -0.3 is 15.1 Å². The Morgan fingerprint density at radius 3 is 2.70 bits per heavy atom. The Balaban J connectivity index is 1.36. The molecule has 1 aliphatic heterocycles. The van der Waals surface area contributed by atoms with Crippen LogP contribution in [0.5, 0.6) is 0 Å². The minimum Gasteiger partial charge on any atom is -0.343 e. The van der Waals surface area contributed by atoms with Gasteiger partial charge in [-0.3, -0.25) is 0 Å². The number of carbonyl (C=O) groups excluding carboxylic acids is 1. The lowest BCUT2D eigenvalue weighted by Gasteiger charge is -2.39. The van der Waals surface area contributed by atoms with Crippen LogP contribution in [0.15, 0.2) is 48.5 Å². The minimum absolute atomic E-state index is 0.0324. The molecule has 6 nitrogen and oxygen atoms in total. The maximum Gasteiger partial charge on any atom is 0.322 e. The lowest BCUT2D eigenvalue weighted by Crippen LogP contribution is -2.55. The normalized spacial score (nSPS) is 16.6. The van der Waals surface area contributed by atoms with Gasteiger partial charge in [0.25, 0.3) is 0 Å². The van der Waals surface area contributed by atoms with E-state index in [0.29, 0.717) is 26.1 Å². The molecule has 1 aromatic heterocycles. The zero-order valence-electron chi connectivity index (χ0n) is 17.0. The highest BCUT2D eigenvalue weighted by atomic mass is 32.1. The molecule has 1 N–H and O–H groups in total. The van der Waals surface area contributed by atoms with Crippen molar-refractivity contribution in [2.24, 2.45) is 0 Å². The molecular formula is C22H24FN5OS. The Labute approximate surface area is 179 Å². The fourth-order valence-corrected chi connectivity index (χ4v) is 4.24. The summed E-state index contributed by atoms with van der Waals surface area (Å²) >= 11 is 1.39. The number of urea groups is 1. The maximum absolute atomic E-state index is 13.8. The van der Waals surface area contributed by atoms with Crippen LogP contribution in [-0.4, -0.2) is 46.0 Å². The average Bonchev–Trinajstić information content (AvgIpc) is 3.20. The van der Waals surface area contributed by atoms with Gasteiger partial charge in [-0.2, -0.15) is 4.37 Å². The third-order valence-corrected chi connectivity index (χ3v) is 6.03. The predicted octanol–water partition coefficient (Wildman–Crippen LogP) is 4.32. The molecule has 4 rings (SSSR count). The number of nitrogens with zero attached hydrogens (tertiary/aromatic N) is 4. The summed E-state index contributed by atoms with van der Waals surface area (Å²) < 4.78 is 18.3. The van der Waals surface area contributed by atoms with Gasteiger partial charge in [0, 0.05) is 43.6 Å². The van der Waals surface area contributed by atoms with Gasteiger partial charge in [-0.05, 0) is 31.5 Å². The molecule has 8 heteroatoms. The van der Waals surface area contributed by atoms with E-state index < -0.39 is 5.82 Å². The highest BCUT2D eigenvalue weighted by molar-refractivity contribution is 7.09. The molecule has 1 atom stereocenters. The minimum atomic E-state index is -0.438. The Hall–Kier alpha value is -3.00. The first-order chi connectivity index (χ1) is 14.5. The second-order valence-electron chi connectivity index (χ2n) is 7.55. The fourth-order valence-electron chi connectivity index (χ4n) is 3.52. The molecule has 1 aliphatic rings. The summed E-state index contributed by atoms with van der Waals surface area (Å²) in [7, 11) is 0. The molecule has 0 saturated carbocycles. The van der Waals surface area contributed by atoms with E-state index in [0.717, 1.165) is 11.0 Å². The number of aromatic nitrogens is 2. The van der Waals surface area contributed by atoms with Crippen LogP contribution < -0.4 is 10.2 Å². The predicted molar refractivity (Wildman–Crippen MR) is 118 cm³/mol. The van der Waals surface area contributed by atoms with Crippen molar-refractivity contribution in [1.29, 1.82) is 0 Å². The molecule has 0 aliphatic carbocycles. The smallest absolute Gasteiger partial charge is 0.322 e. The Bertz CT molecular complexity index is 1020. The quantitative estimate of drug-likeness (QED) is 0.676. The zero-order valence-corrected chi connectivity index (χ0v) is 17.8. The van der Waals surface area contributed by atoms with Crippen molar-refractivity contribution in [2.75, 3.05) is 29.9 Å². The van der Waals surface area contributed by atoms with Gasteiger partial charge in [0.15, 0.2) is 0 Å². The Kier molecular flexibility index (Phi) is 5.94. The maximum atomic E-state index is 13.8. The Morgan fingerprint density at radius 1 is 1.20 bits per heavy atom. The van der Waals surface area contributed by atoms with Crippen LogP contribution in [0, 0.1) is 12.7 Å². The lowest BCUT2D eigenvalue weighted by molar-refractivity contribution is 0.184. The van der Waals surface area contributed by atoms with E-state index in [1.54, 1.807) is 23.1 Å². The van der Waals surface area contributed by atoms with E-state index >= 15 is 0 Å². The van der Waals surface area contributed by atoms with Crippen LogP contribution in [0.2, 0.25) is 0 Å². The lowest BCUT2D eigenvalue weighted by atomic mass is 10.1. The molecule has 1 unspecified atom stereocenters. The first-order valence-corrected chi connectivity index (χ1v) is 10.7. The first-order valence-electron chi connectivity index (χ1n) is 9.95. The summed E-state index contributed by atoms with van der Waals surface area (Å²) in [5.74, 6) is 0.373. The van der Waals surface area contributed by atoms with Crippen molar-refractivity contribution in [3.63, 3.8) is 0 Å². The molecular weight excluding hydrogens is 401 g/mol. The van der Waals surface area contributed by atoms with Crippen LogP contribution in [0.3, 0.4) is 0 Å². The molecule has 2 heterocycles. The van der Waals surface area contributed by atoms with Gasteiger partial charge in [0.05, 0.1) is 5.69 Å². The third kappa shape index (κ3) is 4.59. The second-order valence-corrected chi connectivity index (χ2v) is 8.28.